The molecule has 0 saturated carbocycles. The van der Waals surface area contributed by atoms with Gasteiger partial charge in [-0.05, 0) is 28.6 Å². The monoisotopic (exact) mass is 300 g/mol. The summed E-state index contributed by atoms with van der Waals surface area (Å²) in [4.78, 5) is 11.3. The first-order valence-electron chi connectivity index (χ1n) is 5.85. The smallest absolute Gasteiger partial charge is 0.376 e. The van der Waals surface area contributed by atoms with Crippen LogP contribution in [0.25, 0.3) is 5.69 Å². The van der Waals surface area contributed by atoms with Gasteiger partial charge in [0.1, 0.15) is 12.9 Å². The summed E-state index contributed by atoms with van der Waals surface area (Å²) < 4.78 is 37.2. The fourth-order valence-corrected chi connectivity index (χ4v) is 1.48. The van der Waals surface area contributed by atoms with Gasteiger partial charge < -0.3 is 10.6 Å². The molecule has 0 aliphatic heterocycles. The number of amides is 1. The summed E-state index contributed by atoms with van der Waals surface area (Å²) in [6.45, 7) is -1.62. The maximum Gasteiger partial charge on any atom is 0.405 e. The average molecular weight is 300 g/mol. The number of hydrogen-bond donors (Lipinski definition) is 2. The molecule has 0 radical (unpaired) electrons. The summed E-state index contributed by atoms with van der Waals surface area (Å²) in [5, 5.41) is 15.2. The van der Waals surface area contributed by atoms with Gasteiger partial charge in [-0.2, -0.15) is 13.2 Å². The number of tetrazole rings is 1. The van der Waals surface area contributed by atoms with Crippen molar-refractivity contribution in [2.24, 2.45) is 0 Å². The van der Waals surface area contributed by atoms with Crippen LogP contribution in [-0.2, 0) is 4.79 Å². The molecule has 0 atom stereocenters. The Balaban J connectivity index is 1.89. The van der Waals surface area contributed by atoms with Gasteiger partial charge in [0.15, 0.2) is 0 Å². The summed E-state index contributed by atoms with van der Waals surface area (Å²) in [5.41, 5.74) is 1.21. The Morgan fingerprint density at radius 3 is 2.81 bits per heavy atom. The van der Waals surface area contributed by atoms with Crippen molar-refractivity contribution in [3.05, 3.63) is 30.6 Å². The minimum Gasteiger partial charge on any atom is -0.376 e. The summed E-state index contributed by atoms with van der Waals surface area (Å²) in [6, 6.07) is 6.77. The van der Waals surface area contributed by atoms with Crippen molar-refractivity contribution < 1.29 is 18.0 Å². The zero-order chi connectivity index (χ0) is 15.3. The van der Waals surface area contributed by atoms with E-state index in [0.29, 0.717) is 11.4 Å². The van der Waals surface area contributed by atoms with Gasteiger partial charge in [0.05, 0.1) is 12.2 Å². The summed E-state index contributed by atoms with van der Waals surface area (Å²) >= 11 is 0. The van der Waals surface area contributed by atoms with E-state index in [0.717, 1.165) is 0 Å². The first kappa shape index (κ1) is 14.8. The van der Waals surface area contributed by atoms with Crippen LogP contribution in [0.4, 0.5) is 18.9 Å². The highest BCUT2D eigenvalue weighted by Gasteiger charge is 2.27. The number of aromatic nitrogens is 4. The molecule has 10 heteroatoms. The maximum atomic E-state index is 11.9. The van der Waals surface area contributed by atoms with Gasteiger partial charge in [-0.3, -0.25) is 4.79 Å². The van der Waals surface area contributed by atoms with E-state index in [9.17, 15) is 18.0 Å². The highest BCUT2D eigenvalue weighted by Crippen LogP contribution is 2.13. The third-order valence-electron chi connectivity index (χ3n) is 2.40. The molecule has 0 unspecified atom stereocenters. The standard InChI is InChI=1S/C11H11F3N6O/c12-11(13,14)6-16-10(21)5-15-8-2-1-3-9(4-8)20-7-17-18-19-20/h1-4,7,15H,5-6H2,(H,16,21). The third kappa shape index (κ3) is 4.75. The van der Waals surface area contributed by atoms with E-state index >= 15 is 0 Å². The molecule has 0 saturated heterocycles. The normalized spacial score (nSPS) is 11.2. The lowest BCUT2D eigenvalue weighted by Gasteiger charge is -2.10. The first-order valence-corrected chi connectivity index (χ1v) is 5.85. The second-order valence-electron chi connectivity index (χ2n) is 4.05. The number of carbonyl (C=O) groups excluding carboxylic acids is 1. The highest BCUT2D eigenvalue weighted by molar-refractivity contribution is 5.80. The molecule has 0 bridgehead atoms. The van der Waals surface area contributed by atoms with Gasteiger partial charge in [0.2, 0.25) is 5.91 Å². The van der Waals surface area contributed by atoms with Crippen LogP contribution in [0.5, 0.6) is 0 Å². The lowest BCUT2D eigenvalue weighted by Crippen LogP contribution is -2.37. The number of halogens is 3. The minimum atomic E-state index is -4.42. The fourth-order valence-electron chi connectivity index (χ4n) is 1.48. The zero-order valence-electron chi connectivity index (χ0n) is 10.6. The Bertz CT molecular complexity index is 598. The lowest BCUT2D eigenvalue weighted by molar-refractivity contribution is -0.137. The molecule has 1 heterocycles. The molecule has 0 spiro atoms. The molecule has 1 amide bonds. The van der Waals surface area contributed by atoms with Gasteiger partial charge >= 0.3 is 6.18 Å². The molecule has 21 heavy (non-hydrogen) atoms. The fraction of sp³-hybridized carbons (Fsp3) is 0.273. The molecule has 2 N–H and O–H groups in total. The van der Waals surface area contributed by atoms with Crippen molar-refractivity contribution in [2.45, 2.75) is 6.18 Å². The van der Waals surface area contributed by atoms with Crippen molar-refractivity contribution in [3.8, 4) is 5.69 Å². The number of alkyl halides is 3. The predicted octanol–water partition coefficient (Wildman–Crippen LogP) is 0.753. The van der Waals surface area contributed by atoms with E-state index in [1.807, 2.05) is 0 Å². The van der Waals surface area contributed by atoms with Crippen LogP contribution in [0.3, 0.4) is 0 Å². The van der Waals surface area contributed by atoms with E-state index in [1.165, 1.54) is 11.0 Å². The molecule has 1 aromatic heterocycles. The predicted molar refractivity (Wildman–Crippen MR) is 66.7 cm³/mol. The number of nitrogens with one attached hydrogen (secondary N) is 2. The van der Waals surface area contributed by atoms with Gasteiger partial charge in [0, 0.05) is 5.69 Å². The van der Waals surface area contributed by atoms with Gasteiger partial charge in [-0.1, -0.05) is 6.07 Å². The second-order valence-corrected chi connectivity index (χ2v) is 4.05. The van der Waals surface area contributed by atoms with E-state index < -0.39 is 18.6 Å². The Morgan fingerprint density at radius 2 is 2.14 bits per heavy atom. The topological polar surface area (TPSA) is 84.7 Å². The van der Waals surface area contributed by atoms with Crippen LogP contribution in [0, 0.1) is 0 Å². The van der Waals surface area contributed by atoms with Gasteiger partial charge in [-0.25, -0.2) is 4.68 Å². The Labute approximate surface area is 117 Å². The minimum absolute atomic E-state index is 0.269. The van der Waals surface area contributed by atoms with E-state index in [4.69, 9.17) is 0 Å². The molecule has 112 valence electrons. The SMILES string of the molecule is O=C(CNc1cccc(-n2cnnn2)c1)NCC(F)(F)F. The number of benzene rings is 1. The summed E-state index contributed by atoms with van der Waals surface area (Å²) in [5.74, 6) is -0.750. The number of carbonyl (C=O) groups is 1. The van der Waals surface area contributed by atoms with Crippen molar-refractivity contribution in [1.29, 1.82) is 0 Å². The van der Waals surface area contributed by atoms with Crippen LogP contribution in [0.15, 0.2) is 30.6 Å². The Kier molecular flexibility index (Phi) is 4.36. The summed E-state index contributed by atoms with van der Waals surface area (Å²) in [6.07, 6.45) is -3.02. The van der Waals surface area contributed by atoms with Crippen LogP contribution >= 0.6 is 0 Å². The largest absolute Gasteiger partial charge is 0.405 e. The zero-order valence-corrected chi connectivity index (χ0v) is 10.6. The first-order chi connectivity index (χ1) is 9.94. The van der Waals surface area contributed by atoms with Crippen LogP contribution in [0.1, 0.15) is 0 Å². The number of nitrogens with zero attached hydrogens (tertiary/aromatic N) is 4. The number of hydrogen-bond acceptors (Lipinski definition) is 5. The molecule has 2 aromatic rings. The molecule has 1 aromatic carbocycles. The lowest BCUT2D eigenvalue weighted by atomic mass is 10.3. The number of anilines is 1. The van der Waals surface area contributed by atoms with Crippen molar-refractivity contribution in [1.82, 2.24) is 25.5 Å². The van der Waals surface area contributed by atoms with Crippen molar-refractivity contribution in [3.63, 3.8) is 0 Å². The van der Waals surface area contributed by atoms with Gasteiger partial charge in [0.25, 0.3) is 0 Å². The summed E-state index contributed by atoms with van der Waals surface area (Å²) in [7, 11) is 0. The molecule has 0 fully saturated rings. The molecule has 0 aliphatic carbocycles. The quantitative estimate of drug-likeness (QED) is 0.851. The van der Waals surface area contributed by atoms with E-state index in [-0.39, 0.29) is 6.54 Å². The Hall–Kier alpha value is -2.65. The Morgan fingerprint density at radius 1 is 1.33 bits per heavy atom. The van der Waals surface area contributed by atoms with Crippen LogP contribution in [0.2, 0.25) is 0 Å². The molecule has 0 aliphatic rings. The molecular weight excluding hydrogens is 289 g/mol. The third-order valence-corrected chi connectivity index (χ3v) is 2.40. The molecule has 2 rings (SSSR count). The van der Waals surface area contributed by atoms with E-state index in [2.05, 4.69) is 20.8 Å². The molecule has 7 nitrogen and oxygen atoms in total. The average Bonchev–Trinajstić information content (AvgIpc) is 2.96. The van der Waals surface area contributed by atoms with Crippen molar-refractivity contribution >= 4 is 11.6 Å². The van der Waals surface area contributed by atoms with Crippen LogP contribution < -0.4 is 10.6 Å². The van der Waals surface area contributed by atoms with Crippen LogP contribution in [-0.4, -0.2) is 45.4 Å². The van der Waals surface area contributed by atoms with E-state index in [1.54, 1.807) is 29.6 Å². The van der Waals surface area contributed by atoms with Gasteiger partial charge in [-0.15, -0.1) is 5.10 Å². The molecular formula is C11H11F3N6O. The highest BCUT2D eigenvalue weighted by atomic mass is 19.4. The van der Waals surface area contributed by atoms with Crippen molar-refractivity contribution in [2.75, 3.05) is 18.4 Å². The number of rotatable bonds is 5. The second kappa shape index (κ2) is 6.20. The maximum absolute atomic E-state index is 11.9.